The van der Waals surface area contributed by atoms with Crippen molar-refractivity contribution < 1.29 is 0 Å². The zero-order valence-corrected chi connectivity index (χ0v) is 8.12. The van der Waals surface area contributed by atoms with Gasteiger partial charge in [0, 0.05) is 18.4 Å². The number of aryl methyl sites for hydroxylation is 2. The van der Waals surface area contributed by atoms with Crippen molar-refractivity contribution in [1.82, 2.24) is 9.55 Å². The second-order valence-corrected chi connectivity index (χ2v) is 3.37. The fourth-order valence-corrected chi connectivity index (χ4v) is 1.61. The molecule has 0 aromatic carbocycles. The van der Waals surface area contributed by atoms with Crippen molar-refractivity contribution in [3.63, 3.8) is 0 Å². The van der Waals surface area contributed by atoms with E-state index < -0.39 is 0 Å². The molecule has 0 N–H and O–H groups in total. The first-order valence-corrected chi connectivity index (χ1v) is 4.74. The summed E-state index contributed by atoms with van der Waals surface area (Å²) in [5, 5.41) is 0. The van der Waals surface area contributed by atoms with Crippen molar-refractivity contribution in [2.75, 3.05) is 0 Å². The SMILES string of the molecule is CCCn1ccc2nc(C)ccc21. The predicted molar refractivity (Wildman–Crippen MR) is 54.8 cm³/mol. The average molecular weight is 174 g/mol. The van der Waals surface area contributed by atoms with Crippen LogP contribution in [-0.2, 0) is 6.54 Å². The molecule has 2 nitrogen and oxygen atoms in total. The van der Waals surface area contributed by atoms with Crippen LogP contribution in [0.15, 0.2) is 24.4 Å². The summed E-state index contributed by atoms with van der Waals surface area (Å²) in [6, 6.07) is 6.29. The van der Waals surface area contributed by atoms with Crippen LogP contribution in [0.1, 0.15) is 19.0 Å². The van der Waals surface area contributed by atoms with Crippen LogP contribution in [-0.4, -0.2) is 9.55 Å². The molecule has 0 amide bonds. The number of nitrogens with zero attached hydrogens (tertiary/aromatic N) is 2. The van der Waals surface area contributed by atoms with Crippen molar-refractivity contribution in [2.45, 2.75) is 26.8 Å². The zero-order chi connectivity index (χ0) is 9.26. The Kier molecular flexibility index (Phi) is 2.05. The van der Waals surface area contributed by atoms with Crippen molar-refractivity contribution in [1.29, 1.82) is 0 Å². The van der Waals surface area contributed by atoms with Crippen LogP contribution in [0.2, 0.25) is 0 Å². The number of aromatic nitrogens is 2. The lowest BCUT2D eigenvalue weighted by Gasteiger charge is -2.01. The highest BCUT2D eigenvalue weighted by Crippen LogP contribution is 2.14. The molecule has 2 heterocycles. The Morgan fingerprint density at radius 3 is 2.92 bits per heavy atom. The van der Waals surface area contributed by atoms with Crippen molar-refractivity contribution in [3.05, 3.63) is 30.1 Å². The lowest BCUT2D eigenvalue weighted by atomic mass is 10.3. The van der Waals surface area contributed by atoms with Crippen molar-refractivity contribution in [3.8, 4) is 0 Å². The third-order valence-corrected chi connectivity index (χ3v) is 2.23. The van der Waals surface area contributed by atoms with E-state index >= 15 is 0 Å². The van der Waals surface area contributed by atoms with Gasteiger partial charge in [0.1, 0.15) is 0 Å². The molecule has 0 unspecified atom stereocenters. The first-order chi connectivity index (χ1) is 6.31. The minimum absolute atomic E-state index is 1.08. The van der Waals surface area contributed by atoms with Crippen LogP contribution < -0.4 is 0 Å². The van der Waals surface area contributed by atoms with E-state index in [2.05, 4.69) is 40.9 Å². The average Bonchev–Trinajstić information content (AvgIpc) is 2.49. The zero-order valence-electron chi connectivity index (χ0n) is 8.12. The van der Waals surface area contributed by atoms with E-state index in [1.54, 1.807) is 0 Å². The maximum atomic E-state index is 4.46. The van der Waals surface area contributed by atoms with E-state index in [1.807, 2.05) is 6.92 Å². The fourth-order valence-electron chi connectivity index (χ4n) is 1.61. The Bertz CT molecular complexity index is 415. The van der Waals surface area contributed by atoms with Gasteiger partial charge in [-0.05, 0) is 31.5 Å². The molecule has 2 rings (SSSR count). The molecule has 2 heteroatoms. The molecule has 0 bridgehead atoms. The molecule has 2 aromatic rings. The molecule has 0 spiro atoms. The van der Waals surface area contributed by atoms with Crippen LogP contribution in [0, 0.1) is 6.92 Å². The first kappa shape index (κ1) is 8.30. The first-order valence-electron chi connectivity index (χ1n) is 4.74. The number of pyridine rings is 1. The number of hydrogen-bond acceptors (Lipinski definition) is 1. The number of fused-ring (bicyclic) bond motifs is 1. The summed E-state index contributed by atoms with van der Waals surface area (Å²) in [6.45, 7) is 5.29. The number of rotatable bonds is 2. The van der Waals surface area contributed by atoms with Crippen LogP contribution in [0.5, 0.6) is 0 Å². The predicted octanol–water partition coefficient (Wildman–Crippen LogP) is 2.75. The van der Waals surface area contributed by atoms with Gasteiger partial charge in [0.25, 0.3) is 0 Å². The van der Waals surface area contributed by atoms with Gasteiger partial charge >= 0.3 is 0 Å². The van der Waals surface area contributed by atoms with E-state index in [0.29, 0.717) is 0 Å². The largest absolute Gasteiger partial charge is 0.346 e. The second kappa shape index (κ2) is 3.21. The minimum Gasteiger partial charge on any atom is -0.346 e. The molecule has 0 saturated heterocycles. The summed E-state index contributed by atoms with van der Waals surface area (Å²) >= 11 is 0. The molecule has 0 aliphatic rings. The van der Waals surface area contributed by atoms with E-state index in [9.17, 15) is 0 Å². The second-order valence-electron chi connectivity index (χ2n) is 3.37. The van der Waals surface area contributed by atoms with E-state index in [-0.39, 0.29) is 0 Å². The van der Waals surface area contributed by atoms with Gasteiger partial charge in [-0.1, -0.05) is 6.92 Å². The van der Waals surface area contributed by atoms with Gasteiger partial charge in [-0.2, -0.15) is 0 Å². The summed E-state index contributed by atoms with van der Waals surface area (Å²) in [4.78, 5) is 4.46. The molecule has 0 fully saturated rings. The molecular weight excluding hydrogens is 160 g/mol. The fraction of sp³-hybridized carbons (Fsp3) is 0.364. The van der Waals surface area contributed by atoms with Gasteiger partial charge in [0.15, 0.2) is 0 Å². The topological polar surface area (TPSA) is 17.8 Å². The lowest BCUT2D eigenvalue weighted by molar-refractivity contribution is 0.703. The van der Waals surface area contributed by atoms with Gasteiger partial charge in [-0.3, -0.25) is 4.98 Å². The highest BCUT2D eigenvalue weighted by atomic mass is 15.0. The maximum Gasteiger partial charge on any atom is 0.0884 e. The monoisotopic (exact) mass is 174 g/mol. The van der Waals surface area contributed by atoms with Gasteiger partial charge in [0.2, 0.25) is 0 Å². The molecule has 0 saturated carbocycles. The van der Waals surface area contributed by atoms with Crippen LogP contribution >= 0.6 is 0 Å². The van der Waals surface area contributed by atoms with E-state index in [4.69, 9.17) is 0 Å². The lowest BCUT2D eigenvalue weighted by Crippen LogP contribution is -1.94. The maximum absolute atomic E-state index is 4.46. The summed E-state index contributed by atoms with van der Waals surface area (Å²) in [5.74, 6) is 0. The van der Waals surface area contributed by atoms with E-state index in [1.165, 1.54) is 5.52 Å². The van der Waals surface area contributed by atoms with Crippen LogP contribution in [0.4, 0.5) is 0 Å². The van der Waals surface area contributed by atoms with Crippen molar-refractivity contribution >= 4 is 11.0 Å². The molecule has 0 radical (unpaired) electrons. The minimum atomic E-state index is 1.08. The smallest absolute Gasteiger partial charge is 0.0884 e. The summed E-state index contributed by atoms with van der Waals surface area (Å²) in [6.07, 6.45) is 3.28. The van der Waals surface area contributed by atoms with Crippen molar-refractivity contribution in [2.24, 2.45) is 0 Å². The third-order valence-electron chi connectivity index (χ3n) is 2.23. The van der Waals surface area contributed by atoms with Crippen LogP contribution in [0.25, 0.3) is 11.0 Å². The van der Waals surface area contributed by atoms with Gasteiger partial charge < -0.3 is 4.57 Å². The Morgan fingerprint density at radius 1 is 1.31 bits per heavy atom. The summed E-state index contributed by atoms with van der Waals surface area (Å²) in [5.41, 5.74) is 3.43. The van der Waals surface area contributed by atoms with Gasteiger partial charge in [-0.15, -0.1) is 0 Å². The quantitative estimate of drug-likeness (QED) is 0.684. The Balaban J connectivity index is 2.55. The highest BCUT2D eigenvalue weighted by Gasteiger charge is 2.00. The van der Waals surface area contributed by atoms with Crippen LogP contribution in [0.3, 0.4) is 0 Å². The molecule has 0 aliphatic carbocycles. The Hall–Kier alpha value is -1.31. The van der Waals surface area contributed by atoms with Gasteiger partial charge in [-0.25, -0.2) is 0 Å². The standard InChI is InChI=1S/C11H14N2/c1-3-7-13-8-6-10-11(13)5-4-9(2)12-10/h4-6,8H,3,7H2,1-2H3. The molecule has 68 valence electrons. The molecular formula is C11H14N2. The van der Waals surface area contributed by atoms with E-state index in [0.717, 1.165) is 24.2 Å². The summed E-state index contributed by atoms with van der Waals surface area (Å²) < 4.78 is 2.25. The highest BCUT2D eigenvalue weighted by molar-refractivity contribution is 5.75. The van der Waals surface area contributed by atoms with Gasteiger partial charge in [0.05, 0.1) is 11.0 Å². The Labute approximate surface area is 78.2 Å². The normalized spacial score (nSPS) is 10.9. The molecule has 13 heavy (non-hydrogen) atoms. The number of hydrogen-bond donors (Lipinski definition) is 0. The Morgan fingerprint density at radius 2 is 2.15 bits per heavy atom. The summed E-state index contributed by atoms with van der Waals surface area (Å²) in [7, 11) is 0. The molecule has 0 aliphatic heterocycles. The third kappa shape index (κ3) is 1.44. The molecule has 0 atom stereocenters. The molecule has 2 aromatic heterocycles.